The van der Waals surface area contributed by atoms with Gasteiger partial charge in [0.25, 0.3) is 0 Å². The van der Waals surface area contributed by atoms with Crippen LogP contribution in [-0.2, 0) is 9.47 Å². The molecule has 1 aliphatic rings. The molecule has 0 aromatic carbocycles. The van der Waals surface area contributed by atoms with Gasteiger partial charge in [-0.15, -0.1) is 6.58 Å². The number of hydrogen-bond donors (Lipinski definition) is 4. The molecule has 0 aliphatic carbocycles. The SMILES string of the molecule is C=CCO[C@@H]1C(O)O[C@H](CO)[C@@H](O)[C@@H]1O. The average molecular weight is 220 g/mol. The van der Waals surface area contributed by atoms with Gasteiger partial charge in [0, 0.05) is 0 Å². The second-order valence-corrected chi connectivity index (χ2v) is 3.32. The maximum Gasteiger partial charge on any atom is 0.184 e. The highest BCUT2D eigenvalue weighted by Crippen LogP contribution is 2.21. The summed E-state index contributed by atoms with van der Waals surface area (Å²) in [6.07, 6.45) is -4.55. The summed E-state index contributed by atoms with van der Waals surface area (Å²) in [5.74, 6) is 0. The summed E-state index contributed by atoms with van der Waals surface area (Å²) in [5, 5.41) is 37.3. The fourth-order valence-electron chi connectivity index (χ4n) is 1.43. The monoisotopic (exact) mass is 220 g/mol. The molecule has 6 nitrogen and oxygen atoms in total. The third-order valence-corrected chi connectivity index (χ3v) is 2.25. The van der Waals surface area contributed by atoms with E-state index in [1.54, 1.807) is 0 Å². The molecule has 0 aromatic rings. The van der Waals surface area contributed by atoms with Gasteiger partial charge < -0.3 is 29.9 Å². The molecule has 0 bridgehead atoms. The number of aliphatic hydroxyl groups is 4. The smallest absolute Gasteiger partial charge is 0.184 e. The normalized spacial score (nSPS) is 41.5. The van der Waals surface area contributed by atoms with Crippen LogP contribution in [0.5, 0.6) is 0 Å². The lowest BCUT2D eigenvalue weighted by Crippen LogP contribution is -2.59. The molecular weight excluding hydrogens is 204 g/mol. The minimum atomic E-state index is -1.37. The molecule has 1 saturated heterocycles. The highest BCUT2D eigenvalue weighted by molar-refractivity contribution is 4.89. The lowest BCUT2D eigenvalue weighted by molar-refractivity contribution is -0.294. The molecule has 15 heavy (non-hydrogen) atoms. The Morgan fingerprint density at radius 3 is 2.47 bits per heavy atom. The first-order valence-corrected chi connectivity index (χ1v) is 4.64. The van der Waals surface area contributed by atoms with E-state index in [-0.39, 0.29) is 6.61 Å². The van der Waals surface area contributed by atoms with E-state index in [9.17, 15) is 15.3 Å². The van der Waals surface area contributed by atoms with Crippen LogP contribution in [0.15, 0.2) is 12.7 Å². The van der Waals surface area contributed by atoms with Gasteiger partial charge in [0.1, 0.15) is 24.4 Å². The van der Waals surface area contributed by atoms with E-state index in [1.165, 1.54) is 6.08 Å². The fourth-order valence-corrected chi connectivity index (χ4v) is 1.43. The molecule has 88 valence electrons. The van der Waals surface area contributed by atoms with Gasteiger partial charge in [-0.05, 0) is 0 Å². The molecular formula is C9H16O6. The van der Waals surface area contributed by atoms with E-state index in [1.807, 2.05) is 0 Å². The zero-order chi connectivity index (χ0) is 11.4. The first kappa shape index (κ1) is 12.6. The molecule has 1 fully saturated rings. The zero-order valence-corrected chi connectivity index (χ0v) is 8.19. The van der Waals surface area contributed by atoms with Crippen LogP contribution in [0.1, 0.15) is 0 Å². The Balaban J connectivity index is 2.61. The summed E-state index contributed by atoms with van der Waals surface area (Å²) in [7, 11) is 0. The maximum atomic E-state index is 9.58. The fraction of sp³-hybridized carbons (Fsp3) is 0.778. The number of hydrogen-bond acceptors (Lipinski definition) is 6. The Bertz CT molecular complexity index is 209. The maximum absolute atomic E-state index is 9.58. The molecule has 0 amide bonds. The van der Waals surface area contributed by atoms with Crippen molar-refractivity contribution in [3.05, 3.63) is 12.7 Å². The van der Waals surface area contributed by atoms with Gasteiger partial charge in [0.05, 0.1) is 13.2 Å². The van der Waals surface area contributed by atoms with E-state index < -0.39 is 37.3 Å². The summed E-state index contributed by atoms with van der Waals surface area (Å²) in [6.45, 7) is 3.05. The summed E-state index contributed by atoms with van der Waals surface area (Å²) >= 11 is 0. The Morgan fingerprint density at radius 2 is 1.93 bits per heavy atom. The van der Waals surface area contributed by atoms with Crippen molar-refractivity contribution in [2.24, 2.45) is 0 Å². The molecule has 0 aromatic heterocycles. The first-order chi connectivity index (χ1) is 7.11. The average Bonchev–Trinajstić information content (AvgIpc) is 2.23. The molecule has 5 atom stereocenters. The van der Waals surface area contributed by atoms with Crippen LogP contribution >= 0.6 is 0 Å². The second-order valence-electron chi connectivity index (χ2n) is 3.32. The van der Waals surface area contributed by atoms with Gasteiger partial charge in [-0.2, -0.15) is 0 Å². The molecule has 1 aliphatic heterocycles. The van der Waals surface area contributed by atoms with E-state index >= 15 is 0 Å². The van der Waals surface area contributed by atoms with Crippen LogP contribution in [0, 0.1) is 0 Å². The molecule has 6 heteroatoms. The minimum Gasteiger partial charge on any atom is -0.394 e. The van der Waals surface area contributed by atoms with Crippen molar-refractivity contribution in [3.63, 3.8) is 0 Å². The Hall–Kier alpha value is -0.500. The quantitative estimate of drug-likeness (QED) is 0.408. The number of ether oxygens (including phenoxy) is 2. The van der Waals surface area contributed by atoms with Crippen LogP contribution in [0.4, 0.5) is 0 Å². The van der Waals surface area contributed by atoms with Crippen molar-refractivity contribution >= 4 is 0 Å². The van der Waals surface area contributed by atoms with Crippen molar-refractivity contribution in [3.8, 4) is 0 Å². The van der Waals surface area contributed by atoms with Crippen LogP contribution in [0.2, 0.25) is 0 Å². The van der Waals surface area contributed by atoms with Crippen LogP contribution in [-0.4, -0.2) is 64.3 Å². The van der Waals surface area contributed by atoms with Gasteiger partial charge in [-0.1, -0.05) is 6.08 Å². The number of rotatable bonds is 4. The molecule has 0 radical (unpaired) electrons. The summed E-state index contributed by atoms with van der Waals surface area (Å²) < 4.78 is 9.90. The third-order valence-electron chi connectivity index (χ3n) is 2.25. The summed E-state index contributed by atoms with van der Waals surface area (Å²) in [4.78, 5) is 0. The van der Waals surface area contributed by atoms with E-state index in [0.29, 0.717) is 0 Å². The number of aliphatic hydroxyl groups excluding tert-OH is 4. The molecule has 1 rings (SSSR count). The van der Waals surface area contributed by atoms with E-state index in [2.05, 4.69) is 6.58 Å². The van der Waals surface area contributed by atoms with Crippen LogP contribution < -0.4 is 0 Å². The lowest BCUT2D eigenvalue weighted by atomic mass is 9.99. The van der Waals surface area contributed by atoms with Crippen molar-refractivity contribution in [2.45, 2.75) is 30.7 Å². The lowest BCUT2D eigenvalue weighted by Gasteiger charge is -2.39. The van der Waals surface area contributed by atoms with Gasteiger partial charge in [0.15, 0.2) is 6.29 Å². The standard InChI is InChI=1S/C9H16O6/c1-2-3-14-8-7(12)6(11)5(4-10)15-9(8)13/h2,5-13H,1,3-4H2/t5-,6-,7+,8+,9?/m1/s1. The van der Waals surface area contributed by atoms with Crippen molar-refractivity contribution in [2.75, 3.05) is 13.2 Å². The minimum absolute atomic E-state index is 0.124. The Labute approximate surface area is 87.4 Å². The zero-order valence-electron chi connectivity index (χ0n) is 8.19. The topological polar surface area (TPSA) is 99.4 Å². The van der Waals surface area contributed by atoms with E-state index in [4.69, 9.17) is 14.6 Å². The van der Waals surface area contributed by atoms with Gasteiger partial charge in [0.2, 0.25) is 0 Å². The molecule has 1 unspecified atom stereocenters. The Morgan fingerprint density at radius 1 is 1.27 bits per heavy atom. The summed E-state index contributed by atoms with van der Waals surface area (Å²) in [5.41, 5.74) is 0. The van der Waals surface area contributed by atoms with Crippen LogP contribution in [0.3, 0.4) is 0 Å². The van der Waals surface area contributed by atoms with E-state index in [0.717, 1.165) is 0 Å². The van der Waals surface area contributed by atoms with Crippen molar-refractivity contribution < 1.29 is 29.9 Å². The second kappa shape index (κ2) is 5.55. The molecule has 1 heterocycles. The predicted octanol–water partition coefficient (Wildman–Crippen LogP) is -2.01. The highest BCUT2D eigenvalue weighted by Gasteiger charge is 2.44. The predicted molar refractivity (Wildman–Crippen MR) is 49.9 cm³/mol. The molecule has 0 saturated carbocycles. The summed E-state index contributed by atoms with van der Waals surface area (Å²) in [6, 6.07) is 0. The first-order valence-electron chi connectivity index (χ1n) is 4.64. The van der Waals surface area contributed by atoms with Gasteiger partial charge >= 0.3 is 0 Å². The van der Waals surface area contributed by atoms with Crippen molar-refractivity contribution in [1.29, 1.82) is 0 Å². The highest BCUT2D eigenvalue weighted by atomic mass is 16.7. The van der Waals surface area contributed by atoms with Crippen LogP contribution in [0.25, 0.3) is 0 Å². The molecule has 0 spiro atoms. The third kappa shape index (κ3) is 2.75. The molecule has 4 N–H and O–H groups in total. The Kier molecular flexibility index (Phi) is 4.65. The van der Waals surface area contributed by atoms with Gasteiger partial charge in [-0.3, -0.25) is 0 Å². The van der Waals surface area contributed by atoms with Crippen molar-refractivity contribution in [1.82, 2.24) is 0 Å². The van der Waals surface area contributed by atoms with Gasteiger partial charge in [-0.25, -0.2) is 0 Å². The largest absolute Gasteiger partial charge is 0.394 e.